The lowest BCUT2D eigenvalue weighted by molar-refractivity contribution is -0.141. The van der Waals surface area contributed by atoms with Crippen molar-refractivity contribution in [3.8, 4) is 5.75 Å². The van der Waals surface area contributed by atoms with E-state index in [2.05, 4.69) is 4.90 Å². The molecule has 1 atom stereocenters. The first-order valence-corrected chi connectivity index (χ1v) is 8.96. The molecule has 0 aliphatic carbocycles. The second-order valence-electron chi connectivity index (χ2n) is 6.27. The van der Waals surface area contributed by atoms with Crippen molar-refractivity contribution in [2.24, 2.45) is 0 Å². The van der Waals surface area contributed by atoms with E-state index in [9.17, 15) is 9.59 Å². The van der Waals surface area contributed by atoms with E-state index in [1.165, 1.54) is 6.92 Å². The number of carboxylic acids is 1. The van der Waals surface area contributed by atoms with Crippen molar-refractivity contribution in [3.05, 3.63) is 29.8 Å². The zero-order chi connectivity index (χ0) is 18.8. The Bertz CT molecular complexity index is 574. The summed E-state index contributed by atoms with van der Waals surface area (Å²) in [5.74, 6) is -0.241. The van der Waals surface area contributed by atoms with Crippen LogP contribution >= 0.6 is 0 Å². The standard InChI is InChI=1S/C19H27NO6/c1-15(21)24-11-2-3-12-25-17-6-4-16(5-7-17)18-14-20(10-13-26-18)9-8-19(22)23/h4-7,18H,2-3,8-14H2,1H3,(H,22,23)/t18-/m1/s1. The van der Waals surface area contributed by atoms with Crippen LogP contribution in [0.3, 0.4) is 0 Å². The maximum absolute atomic E-state index is 10.7. The van der Waals surface area contributed by atoms with Gasteiger partial charge in [0, 0.05) is 26.6 Å². The number of hydrogen-bond acceptors (Lipinski definition) is 6. The lowest BCUT2D eigenvalue weighted by atomic mass is 10.1. The van der Waals surface area contributed by atoms with Crippen LogP contribution in [0.25, 0.3) is 0 Å². The fourth-order valence-electron chi connectivity index (χ4n) is 2.75. The highest BCUT2D eigenvalue weighted by molar-refractivity contribution is 5.66. The predicted octanol–water partition coefficient (Wildman–Crippen LogP) is 2.26. The van der Waals surface area contributed by atoms with Gasteiger partial charge in [0.25, 0.3) is 0 Å². The highest BCUT2D eigenvalue weighted by Crippen LogP contribution is 2.24. The maximum Gasteiger partial charge on any atom is 0.304 e. The molecule has 1 aliphatic heterocycles. The van der Waals surface area contributed by atoms with E-state index in [0.717, 1.165) is 30.7 Å². The Kier molecular flexibility index (Phi) is 8.37. The van der Waals surface area contributed by atoms with Gasteiger partial charge in [-0.15, -0.1) is 0 Å². The normalized spacial score (nSPS) is 17.7. The molecule has 144 valence electrons. The van der Waals surface area contributed by atoms with Crippen molar-refractivity contribution in [3.63, 3.8) is 0 Å². The SMILES string of the molecule is CC(=O)OCCCCOc1ccc([C@H]2CN(CCC(=O)O)CCO2)cc1. The molecule has 1 heterocycles. The molecule has 7 heteroatoms. The van der Waals surface area contributed by atoms with Gasteiger partial charge in [0.1, 0.15) is 5.75 Å². The molecule has 1 aromatic carbocycles. The third-order valence-electron chi connectivity index (χ3n) is 4.16. The van der Waals surface area contributed by atoms with Crippen LogP contribution in [-0.4, -0.2) is 61.4 Å². The number of benzene rings is 1. The van der Waals surface area contributed by atoms with Gasteiger partial charge in [-0.05, 0) is 30.5 Å². The van der Waals surface area contributed by atoms with Crippen molar-refractivity contribution >= 4 is 11.9 Å². The minimum absolute atomic E-state index is 0.0460. The first-order chi connectivity index (χ1) is 12.5. The fraction of sp³-hybridized carbons (Fsp3) is 0.579. The molecule has 0 radical (unpaired) electrons. The summed E-state index contributed by atoms with van der Waals surface area (Å²) in [5.41, 5.74) is 1.06. The Labute approximate surface area is 153 Å². The molecule has 1 aliphatic rings. The van der Waals surface area contributed by atoms with Crippen molar-refractivity contribution in [2.45, 2.75) is 32.3 Å². The third kappa shape index (κ3) is 7.41. The number of ether oxygens (including phenoxy) is 3. The number of unbranched alkanes of at least 4 members (excludes halogenated alkanes) is 1. The second kappa shape index (κ2) is 10.8. The molecule has 0 unspecified atom stereocenters. The summed E-state index contributed by atoms with van der Waals surface area (Å²) in [6, 6.07) is 7.81. The van der Waals surface area contributed by atoms with Crippen LogP contribution in [-0.2, 0) is 19.1 Å². The van der Waals surface area contributed by atoms with E-state index in [-0.39, 0.29) is 18.5 Å². The zero-order valence-electron chi connectivity index (χ0n) is 15.2. The van der Waals surface area contributed by atoms with Gasteiger partial charge in [0.05, 0.1) is 32.3 Å². The first-order valence-electron chi connectivity index (χ1n) is 8.96. The van der Waals surface area contributed by atoms with Crippen LogP contribution < -0.4 is 4.74 Å². The molecule has 0 saturated carbocycles. The number of morpholine rings is 1. The molecule has 26 heavy (non-hydrogen) atoms. The van der Waals surface area contributed by atoms with Gasteiger partial charge in [-0.2, -0.15) is 0 Å². The van der Waals surface area contributed by atoms with Gasteiger partial charge < -0.3 is 19.3 Å². The van der Waals surface area contributed by atoms with Gasteiger partial charge in [-0.3, -0.25) is 14.5 Å². The largest absolute Gasteiger partial charge is 0.494 e. The van der Waals surface area contributed by atoms with Crippen LogP contribution in [0, 0.1) is 0 Å². The first kappa shape index (κ1) is 20.2. The predicted molar refractivity (Wildman–Crippen MR) is 95.2 cm³/mol. The number of nitrogens with zero attached hydrogens (tertiary/aromatic N) is 1. The van der Waals surface area contributed by atoms with E-state index in [4.69, 9.17) is 19.3 Å². The van der Waals surface area contributed by atoms with Crippen LogP contribution in [0.15, 0.2) is 24.3 Å². The van der Waals surface area contributed by atoms with Crippen molar-refractivity contribution < 1.29 is 28.9 Å². The number of carbonyl (C=O) groups excluding carboxylic acids is 1. The lowest BCUT2D eigenvalue weighted by Gasteiger charge is -2.32. The van der Waals surface area contributed by atoms with Crippen molar-refractivity contribution in [2.75, 3.05) is 39.5 Å². The summed E-state index contributed by atoms with van der Waals surface area (Å²) in [6.07, 6.45) is 1.70. The highest BCUT2D eigenvalue weighted by Gasteiger charge is 2.22. The molecule has 1 N–H and O–H groups in total. The highest BCUT2D eigenvalue weighted by atomic mass is 16.5. The monoisotopic (exact) mass is 365 g/mol. The van der Waals surface area contributed by atoms with Gasteiger partial charge in [0.15, 0.2) is 0 Å². The van der Waals surface area contributed by atoms with E-state index < -0.39 is 5.97 Å². The van der Waals surface area contributed by atoms with E-state index in [1.807, 2.05) is 24.3 Å². The average molecular weight is 365 g/mol. The molecular weight excluding hydrogens is 338 g/mol. The van der Waals surface area contributed by atoms with Crippen LogP contribution in [0.4, 0.5) is 0 Å². The summed E-state index contributed by atoms with van der Waals surface area (Å²) in [4.78, 5) is 23.5. The van der Waals surface area contributed by atoms with Crippen molar-refractivity contribution in [1.82, 2.24) is 4.90 Å². The molecule has 0 aromatic heterocycles. The zero-order valence-corrected chi connectivity index (χ0v) is 15.2. The minimum atomic E-state index is -0.776. The van der Waals surface area contributed by atoms with E-state index in [0.29, 0.717) is 32.9 Å². The Morgan fingerprint density at radius 3 is 2.65 bits per heavy atom. The minimum Gasteiger partial charge on any atom is -0.494 e. The Balaban J connectivity index is 1.72. The molecule has 0 spiro atoms. The van der Waals surface area contributed by atoms with Crippen LogP contribution in [0.1, 0.15) is 37.9 Å². The number of aliphatic carboxylic acids is 1. The van der Waals surface area contributed by atoms with Gasteiger partial charge in [-0.25, -0.2) is 0 Å². The third-order valence-corrected chi connectivity index (χ3v) is 4.16. The fourth-order valence-corrected chi connectivity index (χ4v) is 2.75. The van der Waals surface area contributed by atoms with Gasteiger partial charge in [0.2, 0.25) is 0 Å². The molecular formula is C19H27NO6. The summed E-state index contributed by atoms with van der Waals surface area (Å²) >= 11 is 0. The summed E-state index contributed by atoms with van der Waals surface area (Å²) in [7, 11) is 0. The van der Waals surface area contributed by atoms with E-state index in [1.54, 1.807) is 0 Å². The van der Waals surface area contributed by atoms with Gasteiger partial charge >= 0.3 is 11.9 Å². The molecule has 1 saturated heterocycles. The molecule has 2 rings (SSSR count). The van der Waals surface area contributed by atoms with Crippen LogP contribution in [0.2, 0.25) is 0 Å². The smallest absolute Gasteiger partial charge is 0.304 e. The molecule has 1 aromatic rings. The molecule has 0 bridgehead atoms. The number of carboxylic acid groups (broad SMARTS) is 1. The van der Waals surface area contributed by atoms with E-state index >= 15 is 0 Å². The van der Waals surface area contributed by atoms with Crippen molar-refractivity contribution in [1.29, 1.82) is 0 Å². The summed E-state index contributed by atoms with van der Waals surface area (Å²) in [6.45, 7) is 5.01. The molecule has 1 fully saturated rings. The summed E-state index contributed by atoms with van der Waals surface area (Å²) < 4.78 is 16.4. The summed E-state index contributed by atoms with van der Waals surface area (Å²) in [5, 5.41) is 8.81. The maximum atomic E-state index is 10.7. The second-order valence-corrected chi connectivity index (χ2v) is 6.27. The average Bonchev–Trinajstić information content (AvgIpc) is 2.63. The Hall–Kier alpha value is -2.12. The van der Waals surface area contributed by atoms with Crippen LogP contribution in [0.5, 0.6) is 5.75 Å². The number of hydrogen-bond donors (Lipinski definition) is 1. The molecule has 7 nitrogen and oxygen atoms in total. The number of carbonyl (C=O) groups is 2. The molecule has 0 amide bonds. The Morgan fingerprint density at radius 1 is 1.23 bits per heavy atom. The Morgan fingerprint density at radius 2 is 1.96 bits per heavy atom. The topological polar surface area (TPSA) is 85.3 Å². The number of esters is 1. The lowest BCUT2D eigenvalue weighted by Crippen LogP contribution is -2.39. The number of rotatable bonds is 10. The van der Waals surface area contributed by atoms with Gasteiger partial charge in [-0.1, -0.05) is 12.1 Å². The quantitative estimate of drug-likeness (QED) is 0.503.